The first-order valence-corrected chi connectivity index (χ1v) is 11.2. The number of fused-ring (bicyclic) bond motifs is 1. The van der Waals surface area contributed by atoms with Crippen molar-refractivity contribution < 1.29 is 37.8 Å². The Bertz CT molecular complexity index is 1150. The number of imide groups is 1. The Kier molecular flexibility index (Phi) is 8.30. The van der Waals surface area contributed by atoms with Gasteiger partial charge in [-0.3, -0.25) is 29.0 Å². The first-order chi connectivity index (χ1) is 16.8. The molecule has 1 aliphatic heterocycles. The number of benzene rings is 2. The lowest BCUT2D eigenvalue weighted by Gasteiger charge is -2.21. The smallest absolute Gasteiger partial charge is 0.338 e. The molecule has 9 nitrogen and oxygen atoms in total. The molecule has 0 spiro atoms. The number of nitrogens with zero attached hydrogens (tertiary/aromatic N) is 2. The van der Waals surface area contributed by atoms with E-state index in [-0.39, 0.29) is 35.5 Å². The third kappa shape index (κ3) is 5.89. The van der Waals surface area contributed by atoms with Gasteiger partial charge in [0.1, 0.15) is 12.4 Å². The van der Waals surface area contributed by atoms with Gasteiger partial charge in [-0.15, -0.1) is 0 Å². The molecule has 1 heterocycles. The van der Waals surface area contributed by atoms with Crippen LogP contribution in [-0.2, 0) is 19.1 Å². The third-order valence-electron chi connectivity index (χ3n) is 5.30. The van der Waals surface area contributed by atoms with E-state index < -0.39 is 48.6 Å². The number of anilines is 1. The van der Waals surface area contributed by atoms with Gasteiger partial charge < -0.3 is 9.47 Å². The number of esters is 2. The van der Waals surface area contributed by atoms with E-state index in [4.69, 9.17) is 9.47 Å². The summed E-state index contributed by atoms with van der Waals surface area (Å²) >= 11 is 0. The maximum atomic E-state index is 13.3. The summed E-state index contributed by atoms with van der Waals surface area (Å²) in [6.07, 6.45) is 1.48. The fourth-order valence-electron chi connectivity index (χ4n) is 3.51. The topological polar surface area (TPSA) is 110 Å². The minimum atomic E-state index is -0.886. The first kappa shape index (κ1) is 25.5. The molecule has 3 rings (SSSR count). The van der Waals surface area contributed by atoms with Crippen molar-refractivity contribution in [3.05, 3.63) is 65.0 Å². The zero-order valence-electron chi connectivity index (χ0n) is 19.4. The van der Waals surface area contributed by atoms with E-state index in [1.165, 1.54) is 30.3 Å². The number of unbranched alkanes of at least 4 members (excludes halogenated alkanes) is 1. The summed E-state index contributed by atoms with van der Waals surface area (Å²) < 4.78 is 23.3. The average molecular weight is 484 g/mol. The average Bonchev–Trinajstić information content (AvgIpc) is 3.09. The van der Waals surface area contributed by atoms with Gasteiger partial charge in [-0.25, -0.2) is 9.18 Å². The van der Waals surface area contributed by atoms with Gasteiger partial charge >= 0.3 is 11.9 Å². The molecule has 0 atom stereocenters. The minimum absolute atomic E-state index is 0.00577. The van der Waals surface area contributed by atoms with Gasteiger partial charge in [0.2, 0.25) is 0 Å². The van der Waals surface area contributed by atoms with Crippen LogP contribution >= 0.6 is 0 Å². The van der Waals surface area contributed by atoms with E-state index >= 15 is 0 Å². The molecular formula is C25H25FN2O7. The minimum Gasteiger partial charge on any atom is -0.465 e. The first-order valence-electron chi connectivity index (χ1n) is 11.2. The highest BCUT2D eigenvalue weighted by molar-refractivity contribution is 6.22. The summed E-state index contributed by atoms with van der Waals surface area (Å²) in [4.78, 5) is 64.5. The van der Waals surface area contributed by atoms with E-state index in [1.807, 2.05) is 6.92 Å². The van der Waals surface area contributed by atoms with Crippen molar-refractivity contribution in [2.75, 3.05) is 31.2 Å². The van der Waals surface area contributed by atoms with Crippen LogP contribution in [0.2, 0.25) is 0 Å². The maximum Gasteiger partial charge on any atom is 0.338 e. The zero-order chi connectivity index (χ0) is 25.5. The van der Waals surface area contributed by atoms with Gasteiger partial charge in [0, 0.05) is 12.2 Å². The summed E-state index contributed by atoms with van der Waals surface area (Å²) in [5, 5.41) is 0. The van der Waals surface area contributed by atoms with Crippen LogP contribution in [0.4, 0.5) is 10.1 Å². The molecule has 2 aromatic rings. The van der Waals surface area contributed by atoms with Gasteiger partial charge in [0.05, 0.1) is 23.3 Å². The molecular weight excluding hydrogens is 459 g/mol. The number of carbonyl (C=O) groups excluding carboxylic acids is 5. The summed E-state index contributed by atoms with van der Waals surface area (Å²) in [7, 11) is 0. The Balaban J connectivity index is 1.71. The SMILES string of the molecule is CCCCN1C(=O)c2ccc(C(=O)OCC(=O)N(CC(=O)OCC)c3ccc(F)cc3)cc2C1=O. The van der Waals surface area contributed by atoms with Crippen molar-refractivity contribution in [3.8, 4) is 0 Å². The van der Waals surface area contributed by atoms with Gasteiger partial charge in [-0.2, -0.15) is 0 Å². The number of amides is 3. The molecule has 0 radical (unpaired) electrons. The second kappa shape index (κ2) is 11.4. The van der Waals surface area contributed by atoms with Crippen molar-refractivity contribution in [2.45, 2.75) is 26.7 Å². The van der Waals surface area contributed by atoms with Crippen LogP contribution in [0, 0.1) is 5.82 Å². The fourth-order valence-corrected chi connectivity index (χ4v) is 3.51. The lowest BCUT2D eigenvalue weighted by atomic mass is 10.1. The molecule has 0 fully saturated rings. The van der Waals surface area contributed by atoms with Crippen molar-refractivity contribution in [1.29, 1.82) is 0 Å². The normalized spacial score (nSPS) is 12.4. The second-order valence-electron chi connectivity index (χ2n) is 7.71. The molecule has 0 bridgehead atoms. The molecule has 0 saturated heterocycles. The van der Waals surface area contributed by atoms with E-state index in [2.05, 4.69) is 0 Å². The van der Waals surface area contributed by atoms with Crippen molar-refractivity contribution >= 4 is 35.3 Å². The van der Waals surface area contributed by atoms with Crippen LogP contribution in [0.3, 0.4) is 0 Å². The Morgan fingerprint density at radius 1 is 0.943 bits per heavy atom. The molecule has 3 amide bonds. The highest BCUT2D eigenvalue weighted by Gasteiger charge is 2.35. The van der Waals surface area contributed by atoms with Crippen LogP contribution in [0.1, 0.15) is 57.8 Å². The number of hydrogen-bond acceptors (Lipinski definition) is 7. The summed E-state index contributed by atoms with van der Waals surface area (Å²) in [6, 6.07) is 8.86. The highest BCUT2D eigenvalue weighted by atomic mass is 19.1. The molecule has 0 unspecified atom stereocenters. The van der Waals surface area contributed by atoms with E-state index in [0.29, 0.717) is 6.42 Å². The van der Waals surface area contributed by atoms with E-state index in [1.54, 1.807) is 6.92 Å². The molecule has 35 heavy (non-hydrogen) atoms. The van der Waals surface area contributed by atoms with Crippen LogP contribution in [0.15, 0.2) is 42.5 Å². The van der Waals surface area contributed by atoms with Crippen LogP contribution in [-0.4, -0.2) is 60.9 Å². The number of carbonyl (C=O) groups is 5. The molecule has 184 valence electrons. The molecule has 0 N–H and O–H groups in total. The number of hydrogen-bond donors (Lipinski definition) is 0. The van der Waals surface area contributed by atoms with Crippen LogP contribution < -0.4 is 4.90 Å². The zero-order valence-corrected chi connectivity index (χ0v) is 19.4. The van der Waals surface area contributed by atoms with Gasteiger partial charge in [0.25, 0.3) is 17.7 Å². The predicted molar refractivity (Wildman–Crippen MR) is 122 cm³/mol. The standard InChI is InChI=1S/C25H25FN2O7/c1-3-5-12-27-23(31)19-11-6-16(13-20(19)24(27)32)25(33)35-15-21(29)28(14-22(30)34-4-2)18-9-7-17(26)8-10-18/h6-11,13H,3-5,12,14-15H2,1-2H3. The summed E-state index contributed by atoms with van der Waals surface area (Å²) in [6.45, 7) is 2.77. The van der Waals surface area contributed by atoms with E-state index in [9.17, 15) is 28.4 Å². The van der Waals surface area contributed by atoms with Crippen molar-refractivity contribution in [3.63, 3.8) is 0 Å². The van der Waals surface area contributed by atoms with Crippen LogP contribution in [0.5, 0.6) is 0 Å². The quantitative estimate of drug-likeness (QED) is 0.377. The third-order valence-corrected chi connectivity index (χ3v) is 5.30. The summed E-state index contributed by atoms with van der Waals surface area (Å²) in [5.74, 6) is -3.74. The highest BCUT2D eigenvalue weighted by Crippen LogP contribution is 2.25. The van der Waals surface area contributed by atoms with Crippen molar-refractivity contribution in [1.82, 2.24) is 4.90 Å². The van der Waals surface area contributed by atoms with E-state index in [0.717, 1.165) is 28.4 Å². The number of halogens is 1. The molecule has 2 aromatic carbocycles. The lowest BCUT2D eigenvalue weighted by Crippen LogP contribution is -2.39. The number of ether oxygens (including phenoxy) is 2. The Hall–Kier alpha value is -4.08. The van der Waals surface area contributed by atoms with Gasteiger partial charge in [-0.1, -0.05) is 13.3 Å². The predicted octanol–water partition coefficient (Wildman–Crippen LogP) is 2.97. The number of rotatable bonds is 10. The molecule has 0 aliphatic carbocycles. The molecule has 0 saturated carbocycles. The molecule has 0 aromatic heterocycles. The second-order valence-corrected chi connectivity index (χ2v) is 7.71. The molecule has 10 heteroatoms. The Labute approximate surface area is 201 Å². The summed E-state index contributed by atoms with van der Waals surface area (Å²) in [5.41, 5.74) is 0.515. The van der Waals surface area contributed by atoms with Gasteiger partial charge in [0.15, 0.2) is 6.61 Å². The van der Waals surface area contributed by atoms with Gasteiger partial charge in [-0.05, 0) is 55.8 Å². The monoisotopic (exact) mass is 484 g/mol. The Morgan fingerprint density at radius 3 is 2.29 bits per heavy atom. The lowest BCUT2D eigenvalue weighted by molar-refractivity contribution is -0.142. The fraction of sp³-hybridized carbons (Fsp3) is 0.320. The largest absolute Gasteiger partial charge is 0.465 e. The van der Waals surface area contributed by atoms with Crippen LogP contribution in [0.25, 0.3) is 0 Å². The Morgan fingerprint density at radius 2 is 1.63 bits per heavy atom. The van der Waals surface area contributed by atoms with Crippen molar-refractivity contribution in [2.24, 2.45) is 0 Å². The molecule has 1 aliphatic rings. The maximum absolute atomic E-state index is 13.3.